The number of hydrazine groups is 1. The minimum atomic E-state index is -0.511. The first-order valence-corrected chi connectivity index (χ1v) is 21.4. The molecule has 3 aromatic carbocycles. The van der Waals surface area contributed by atoms with Crippen LogP contribution in [0.1, 0.15) is 103 Å². The summed E-state index contributed by atoms with van der Waals surface area (Å²) in [5, 5.41) is 3.46. The van der Waals surface area contributed by atoms with E-state index in [0.717, 1.165) is 41.9 Å². The summed E-state index contributed by atoms with van der Waals surface area (Å²) in [6.07, 6.45) is 18.1. The number of benzene rings is 3. The molecule has 0 unspecified atom stereocenters. The fraction of sp³-hybridized carbons (Fsp3) is 0.479. The highest BCUT2D eigenvalue weighted by molar-refractivity contribution is 5.81. The van der Waals surface area contributed by atoms with Crippen LogP contribution in [0.3, 0.4) is 0 Å². The van der Waals surface area contributed by atoms with Crippen molar-refractivity contribution in [3.8, 4) is 17.2 Å². The molecule has 58 heavy (non-hydrogen) atoms. The first-order chi connectivity index (χ1) is 28.3. The monoisotopic (exact) mass is 799 g/mol. The molecule has 0 bridgehead atoms. The zero-order valence-corrected chi connectivity index (χ0v) is 35.8. The second kappa shape index (κ2) is 28.2. The van der Waals surface area contributed by atoms with Crippen LogP contribution in [0.15, 0.2) is 92.2 Å². The summed E-state index contributed by atoms with van der Waals surface area (Å²) in [5.74, 6) is 1.81. The van der Waals surface area contributed by atoms with Crippen LogP contribution in [0.4, 0.5) is 28.4 Å². The lowest BCUT2D eigenvalue weighted by Crippen LogP contribution is -2.26. The van der Waals surface area contributed by atoms with Crippen molar-refractivity contribution < 1.29 is 28.5 Å². The van der Waals surface area contributed by atoms with E-state index in [-0.39, 0.29) is 26.4 Å². The number of nitrogens with zero attached hydrogens (tertiary/aromatic N) is 1. The molecular weight excluding hydrogens is 729 g/mol. The van der Waals surface area contributed by atoms with E-state index in [0.29, 0.717) is 35.2 Å². The molecule has 0 aliphatic heterocycles. The van der Waals surface area contributed by atoms with Gasteiger partial charge in [0.1, 0.15) is 49.4 Å². The SMILES string of the molecule is C=CC(=C)OCCOc1cc(NNc2ccc(N(CCCCCCCC)CCCCCCCC)cc2C)c(OCCOC(=O)C=C)cc1Nc1ccc(OCC)cc1. The van der Waals surface area contributed by atoms with Crippen molar-refractivity contribution in [2.24, 2.45) is 0 Å². The van der Waals surface area contributed by atoms with Crippen LogP contribution >= 0.6 is 0 Å². The van der Waals surface area contributed by atoms with Gasteiger partial charge < -0.3 is 39.3 Å². The Kier molecular flexibility index (Phi) is 22.9. The lowest BCUT2D eigenvalue weighted by molar-refractivity contribution is -0.138. The van der Waals surface area contributed by atoms with Gasteiger partial charge in [-0.25, -0.2) is 4.79 Å². The van der Waals surface area contributed by atoms with Crippen molar-refractivity contribution in [3.05, 3.63) is 97.8 Å². The first-order valence-electron chi connectivity index (χ1n) is 21.4. The Balaban J connectivity index is 1.86. The van der Waals surface area contributed by atoms with Gasteiger partial charge in [0, 0.05) is 42.7 Å². The molecule has 3 rings (SSSR count). The van der Waals surface area contributed by atoms with Gasteiger partial charge in [0.15, 0.2) is 0 Å². The summed E-state index contributed by atoms with van der Waals surface area (Å²) in [4.78, 5) is 14.3. The van der Waals surface area contributed by atoms with Crippen LogP contribution in [0.5, 0.6) is 17.2 Å². The van der Waals surface area contributed by atoms with Gasteiger partial charge in [-0.3, -0.25) is 5.43 Å². The molecule has 3 aromatic rings. The average Bonchev–Trinajstić information content (AvgIpc) is 3.23. The first kappa shape index (κ1) is 47.1. The van der Waals surface area contributed by atoms with Crippen molar-refractivity contribution >= 4 is 34.4 Å². The highest BCUT2D eigenvalue weighted by atomic mass is 16.6. The summed E-state index contributed by atoms with van der Waals surface area (Å²) in [6.45, 7) is 23.0. The molecule has 10 heteroatoms. The number of nitrogens with one attached hydrogen (secondary N) is 3. The lowest BCUT2D eigenvalue weighted by atomic mass is 10.1. The maximum absolute atomic E-state index is 11.7. The van der Waals surface area contributed by atoms with Gasteiger partial charge in [0.2, 0.25) is 0 Å². The summed E-state index contributed by atoms with van der Waals surface area (Å²) < 4.78 is 28.9. The number of allylic oxidation sites excluding steroid dienone is 1. The summed E-state index contributed by atoms with van der Waals surface area (Å²) in [5.41, 5.74) is 12.2. The van der Waals surface area contributed by atoms with Crippen LogP contribution in [-0.4, -0.2) is 52.1 Å². The largest absolute Gasteiger partial charge is 0.494 e. The fourth-order valence-corrected chi connectivity index (χ4v) is 6.34. The smallest absolute Gasteiger partial charge is 0.330 e. The van der Waals surface area contributed by atoms with Crippen molar-refractivity contribution in [1.29, 1.82) is 0 Å². The zero-order chi connectivity index (χ0) is 41.8. The van der Waals surface area contributed by atoms with Crippen LogP contribution in [0.2, 0.25) is 0 Å². The van der Waals surface area contributed by atoms with Gasteiger partial charge >= 0.3 is 5.97 Å². The molecule has 318 valence electrons. The second-order valence-electron chi connectivity index (χ2n) is 14.3. The second-order valence-corrected chi connectivity index (χ2v) is 14.3. The summed E-state index contributed by atoms with van der Waals surface area (Å²) in [6, 6.07) is 18.0. The predicted molar refractivity (Wildman–Crippen MR) is 242 cm³/mol. The van der Waals surface area contributed by atoms with Gasteiger partial charge in [-0.05, 0) is 80.8 Å². The molecule has 3 N–H and O–H groups in total. The van der Waals surface area contributed by atoms with E-state index in [1.165, 1.54) is 82.7 Å². The standard InChI is InChI=1S/C48H70N4O6/c1-8-13-15-17-19-21-29-52(30-22-20-18-16-14-9-2)41-25-28-43(38(6)35-41)50-51-45-37-46(56-32-31-55-39(7)10-3)44(36-47(45)57-33-34-58-48(53)11-4)49-40-23-26-42(27-24-40)54-12-5/h10-11,23-28,35-37,49-51H,3-4,7-9,12-22,29-34H2,1-2,5-6H3. The molecule has 0 fully saturated rings. The van der Waals surface area contributed by atoms with Crippen molar-refractivity contribution in [3.63, 3.8) is 0 Å². The molecular formula is C48H70N4O6. The number of anilines is 5. The summed E-state index contributed by atoms with van der Waals surface area (Å²) in [7, 11) is 0. The third-order valence-corrected chi connectivity index (χ3v) is 9.60. The maximum Gasteiger partial charge on any atom is 0.330 e. The number of rotatable bonds is 33. The molecule has 0 aliphatic carbocycles. The van der Waals surface area contributed by atoms with Crippen molar-refractivity contribution in [1.82, 2.24) is 0 Å². The van der Waals surface area contributed by atoms with Gasteiger partial charge in [-0.15, -0.1) is 0 Å². The predicted octanol–water partition coefficient (Wildman–Crippen LogP) is 12.3. The van der Waals surface area contributed by atoms with Gasteiger partial charge in [0.05, 0.1) is 23.7 Å². The molecule has 0 atom stereocenters. The number of carbonyl (C=O) groups is 1. The van der Waals surface area contributed by atoms with Crippen LogP contribution < -0.4 is 35.3 Å². The molecule has 0 aliphatic rings. The highest BCUT2D eigenvalue weighted by Gasteiger charge is 2.16. The Hall–Kier alpha value is -5.25. The van der Waals surface area contributed by atoms with Gasteiger partial charge in [0.25, 0.3) is 0 Å². The number of ether oxygens (including phenoxy) is 5. The minimum absolute atomic E-state index is 0.0523. The number of hydrogen-bond acceptors (Lipinski definition) is 10. The molecule has 0 aromatic heterocycles. The maximum atomic E-state index is 11.7. The Morgan fingerprint density at radius 3 is 1.79 bits per heavy atom. The number of hydrogen-bond donors (Lipinski definition) is 3. The van der Waals surface area contributed by atoms with Crippen LogP contribution in [-0.2, 0) is 14.3 Å². The number of aryl methyl sites for hydroxylation is 1. The quantitative estimate of drug-likeness (QED) is 0.0138. The number of carbonyl (C=O) groups excluding carboxylic acids is 1. The minimum Gasteiger partial charge on any atom is -0.494 e. The Morgan fingerprint density at radius 2 is 1.21 bits per heavy atom. The van der Waals surface area contributed by atoms with Gasteiger partial charge in [-0.1, -0.05) is 97.8 Å². The zero-order valence-electron chi connectivity index (χ0n) is 35.8. The average molecular weight is 799 g/mol. The van der Waals surface area contributed by atoms with E-state index in [1.807, 2.05) is 43.3 Å². The Labute approximate surface area is 349 Å². The Morgan fingerprint density at radius 1 is 0.638 bits per heavy atom. The topological polar surface area (TPSA) is 103 Å². The van der Waals surface area contributed by atoms with E-state index in [4.69, 9.17) is 23.7 Å². The van der Waals surface area contributed by atoms with Crippen LogP contribution in [0, 0.1) is 6.92 Å². The van der Waals surface area contributed by atoms with E-state index in [1.54, 1.807) is 6.08 Å². The molecule has 0 saturated heterocycles. The van der Waals surface area contributed by atoms with Crippen molar-refractivity contribution in [2.45, 2.75) is 105 Å². The lowest BCUT2D eigenvalue weighted by Gasteiger charge is -2.26. The Bertz CT molecular complexity index is 1640. The number of unbranched alkanes of at least 4 members (excludes halogenated alkanes) is 10. The molecule has 0 spiro atoms. The molecule has 0 saturated carbocycles. The van der Waals surface area contributed by atoms with Crippen LogP contribution in [0.25, 0.3) is 0 Å². The van der Waals surface area contributed by atoms with Gasteiger partial charge in [-0.2, -0.15) is 0 Å². The van der Waals surface area contributed by atoms with E-state index < -0.39 is 5.97 Å². The van der Waals surface area contributed by atoms with Crippen molar-refractivity contribution in [2.75, 3.05) is 67.2 Å². The third kappa shape index (κ3) is 17.9. The number of esters is 1. The molecule has 0 heterocycles. The fourth-order valence-electron chi connectivity index (χ4n) is 6.34. The highest BCUT2D eigenvalue weighted by Crippen LogP contribution is 2.39. The van der Waals surface area contributed by atoms with E-state index in [2.05, 4.69) is 79.8 Å². The van der Waals surface area contributed by atoms with E-state index in [9.17, 15) is 4.79 Å². The van der Waals surface area contributed by atoms with E-state index >= 15 is 0 Å². The summed E-state index contributed by atoms with van der Waals surface area (Å²) >= 11 is 0. The molecule has 0 radical (unpaired) electrons. The molecule has 10 nitrogen and oxygen atoms in total. The third-order valence-electron chi connectivity index (χ3n) is 9.60. The molecule has 0 amide bonds. The normalized spacial score (nSPS) is 10.6.